The van der Waals surface area contributed by atoms with Gasteiger partial charge in [0.25, 0.3) is 5.91 Å². The van der Waals surface area contributed by atoms with Crippen molar-refractivity contribution in [2.45, 2.75) is 6.92 Å². The predicted molar refractivity (Wildman–Crippen MR) is 126 cm³/mol. The van der Waals surface area contributed by atoms with Crippen LogP contribution in [0.1, 0.15) is 27.6 Å². The molecule has 0 N–H and O–H groups in total. The summed E-state index contributed by atoms with van der Waals surface area (Å²) in [4.78, 5) is 44.1. The SMILES string of the molecule is CC(=O)c1ccc(N2CCN(C(=O)COC(=O)c3cccnc3Oc3ccccc3)CC2)c(F)c1. The third-order valence-electron chi connectivity index (χ3n) is 5.60. The van der Waals surface area contributed by atoms with Crippen LogP contribution >= 0.6 is 0 Å². The Morgan fingerprint density at radius 2 is 1.71 bits per heavy atom. The molecule has 0 aliphatic carbocycles. The number of esters is 1. The number of aromatic nitrogens is 1. The number of amides is 1. The van der Waals surface area contributed by atoms with Crippen molar-refractivity contribution in [3.8, 4) is 11.6 Å². The number of hydrogen-bond acceptors (Lipinski definition) is 7. The van der Waals surface area contributed by atoms with Gasteiger partial charge >= 0.3 is 5.97 Å². The molecule has 0 bridgehead atoms. The molecule has 1 aromatic heterocycles. The van der Waals surface area contributed by atoms with E-state index < -0.39 is 18.4 Å². The van der Waals surface area contributed by atoms with Crippen LogP contribution in [0.5, 0.6) is 11.6 Å². The first kappa shape index (κ1) is 23.9. The van der Waals surface area contributed by atoms with E-state index in [1.54, 1.807) is 47.4 Å². The second-order valence-electron chi connectivity index (χ2n) is 7.94. The molecule has 0 radical (unpaired) electrons. The number of carbonyl (C=O) groups is 3. The molecule has 0 spiro atoms. The number of nitrogens with zero attached hydrogens (tertiary/aromatic N) is 3. The Hall–Kier alpha value is -4.27. The van der Waals surface area contributed by atoms with E-state index in [0.29, 0.717) is 43.2 Å². The molecule has 9 heteroatoms. The Balaban J connectivity index is 1.31. The number of pyridine rings is 1. The number of rotatable bonds is 7. The zero-order valence-corrected chi connectivity index (χ0v) is 19.1. The van der Waals surface area contributed by atoms with E-state index >= 15 is 0 Å². The Bertz CT molecular complexity index is 1230. The molecule has 0 unspecified atom stereocenters. The molecule has 1 aliphatic heterocycles. The van der Waals surface area contributed by atoms with Crippen LogP contribution in [0.4, 0.5) is 10.1 Å². The summed E-state index contributed by atoms with van der Waals surface area (Å²) in [6.45, 7) is 2.47. The molecule has 35 heavy (non-hydrogen) atoms. The van der Waals surface area contributed by atoms with Gasteiger partial charge < -0.3 is 19.3 Å². The molecular formula is C26H24FN3O5. The minimum atomic E-state index is -0.719. The van der Waals surface area contributed by atoms with E-state index in [9.17, 15) is 18.8 Å². The maximum atomic E-state index is 14.4. The first-order valence-corrected chi connectivity index (χ1v) is 11.1. The highest BCUT2D eigenvalue weighted by Crippen LogP contribution is 2.24. The van der Waals surface area contributed by atoms with Gasteiger partial charge in [0.15, 0.2) is 12.4 Å². The quantitative estimate of drug-likeness (QED) is 0.379. The fraction of sp³-hybridized carbons (Fsp3) is 0.231. The van der Waals surface area contributed by atoms with Crippen LogP contribution in [-0.4, -0.2) is 60.3 Å². The van der Waals surface area contributed by atoms with Crippen molar-refractivity contribution in [3.05, 3.63) is 83.8 Å². The summed E-state index contributed by atoms with van der Waals surface area (Å²) in [5.74, 6) is -1.14. The van der Waals surface area contributed by atoms with Gasteiger partial charge in [-0.1, -0.05) is 18.2 Å². The predicted octanol–water partition coefficient (Wildman–Crippen LogP) is 3.72. The van der Waals surface area contributed by atoms with Crippen LogP contribution in [-0.2, 0) is 9.53 Å². The van der Waals surface area contributed by atoms with Crippen molar-refractivity contribution in [1.82, 2.24) is 9.88 Å². The van der Waals surface area contributed by atoms with Gasteiger partial charge in [0.1, 0.15) is 17.1 Å². The minimum Gasteiger partial charge on any atom is -0.452 e. The maximum absolute atomic E-state index is 14.4. The van der Waals surface area contributed by atoms with Gasteiger partial charge in [-0.25, -0.2) is 14.2 Å². The Morgan fingerprint density at radius 3 is 2.40 bits per heavy atom. The standard InChI is InChI=1S/C26H24FN3O5/c1-18(31)19-9-10-23(22(27)16-19)29-12-14-30(15-13-29)24(32)17-34-26(33)21-8-5-11-28-25(21)35-20-6-3-2-4-7-20/h2-11,16H,12-15,17H2,1H3. The van der Waals surface area contributed by atoms with Gasteiger partial charge in [-0.15, -0.1) is 0 Å². The highest BCUT2D eigenvalue weighted by atomic mass is 19.1. The molecule has 3 aromatic rings. The van der Waals surface area contributed by atoms with Crippen LogP contribution < -0.4 is 9.64 Å². The smallest absolute Gasteiger partial charge is 0.344 e. The molecule has 1 aliphatic rings. The Kier molecular flexibility index (Phi) is 7.35. The number of ether oxygens (including phenoxy) is 2. The van der Waals surface area contributed by atoms with Crippen molar-refractivity contribution >= 4 is 23.3 Å². The molecule has 1 amide bonds. The molecule has 0 atom stereocenters. The first-order chi connectivity index (χ1) is 16.9. The average Bonchev–Trinajstić information content (AvgIpc) is 2.88. The van der Waals surface area contributed by atoms with Crippen molar-refractivity contribution in [2.75, 3.05) is 37.7 Å². The topological polar surface area (TPSA) is 89.0 Å². The largest absolute Gasteiger partial charge is 0.452 e. The summed E-state index contributed by atoms with van der Waals surface area (Å²) >= 11 is 0. The summed E-state index contributed by atoms with van der Waals surface area (Å²) in [7, 11) is 0. The van der Waals surface area contributed by atoms with Gasteiger partial charge in [-0.05, 0) is 49.4 Å². The third kappa shape index (κ3) is 5.81. The number of benzene rings is 2. The lowest BCUT2D eigenvalue weighted by Crippen LogP contribution is -2.50. The number of hydrogen-bond donors (Lipinski definition) is 0. The zero-order chi connectivity index (χ0) is 24.8. The summed E-state index contributed by atoms with van der Waals surface area (Å²) in [5.41, 5.74) is 0.808. The van der Waals surface area contributed by atoms with Gasteiger partial charge in [0.2, 0.25) is 5.88 Å². The van der Waals surface area contributed by atoms with E-state index in [0.717, 1.165) is 0 Å². The number of carbonyl (C=O) groups excluding carboxylic acids is 3. The fourth-order valence-electron chi connectivity index (χ4n) is 3.70. The summed E-state index contributed by atoms with van der Waals surface area (Å²) in [6.07, 6.45) is 1.50. The van der Waals surface area contributed by atoms with E-state index in [4.69, 9.17) is 9.47 Å². The summed E-state index contributed by atoms with van der Waals surface area (Å²) in [5, 5.41) is 0. The number of anilines is 1. The van der Waals surface area contributed by atoms with Crippen LogP contribution in [0.3, 0.4) is 0 Å². The number of Topliss-reactive ketones (excluding diaryl/α,β-unsaturated/α-hetero) is 1. The Labute approximate surface area is 201 Å². The zero-order valence-electron chi connectivity index (χ0n) is 19.1. The molecule has 0 saturated carbocycles. The summed E-state index contributed by atoms with van der Waals surface area (Å²) < 4.78 is 25.4. The van der Waals surface area contributed by atoms with Crippen molar-refractivity contribution in [3.63, 3.8) is 0 Å². The van der Waals surface area contributed by atoms with E-state index in [-0.39, 0.29) is 23.1 Å². The van der Waals surface area contributed by atoms with E-state index in [1.165, 1.54) is 25.3 Å². The van der Waals surface area contributed by atoms with Crippen molar-refractivity contribution in [1.29, 1.82) is 0 Å². The lowest BCUT2D eigenvalue weighted by Gasteiger charge is -2.36. The van der Waals surface area contributed by atoms with E-state index in [1.807, 2.05) is 11.0 Å². The normalized spacial score (nSPS) is 13.3. The van der Waals surface area contributed by atoms with E-state index in [2.05, 4.69) is 4.98 Å². The lowest BCUT2D eigenvalue weighted by atomic mass is 10.1. The van der Waals surface area contributed by atoms with Crippen LogP contribution in [0.15, 0.2) is 66.9 Å². The molecule has 1 fully saturated rings. The molecule has 2 heterocycles. The molecule has 180 valence electrons. The number of piperazine rings is 1. The second-order valence-corrected chi connectivity index (χ2v) is 7.94. The third-order valence-corrected chi connectivity index (χ3v) is 5.60. The van der Waals surface area contributed by atoms with Gasteiger partial charge in [-0.3, -0.25) is 9.59 Å². The van der Waals surface area contributed by atoms with Gasteiger partial charge in [0.05, 0.1) is 5.69 Å². The monoisotopic (exact) mass is 477 g/mol. The molecular weight excluding hydrogens is 453 g/mol. The van der Waals surface area contributed by atoms with Crippen LogP contribution in [0.25, 0.3) is 0 Å². The first-order valence-electron chi connectivity index (χ1n) is 11.1. The van der Waals surface area contributed by atoms with Crippen molar-refractivity contribution in [2.24, 2.45) is 0 Å². The second kappa shape index (κ2) is 10.8. The number of para-hydroxylation sites is 1. The van der Waals surface area contributed by atoms with Crippen LogP contribution in [0.2, 0.25) is 0 Å². The fourth-order valence-corrected chi connectivity index (χ4v) is 3.70. The highest BCUT2D eigenvalue weighted by molar-refractivity contribution is 5.94. The lowest BCUT2D eigenvalue weighted by molar-refractivity contribution is -0.134. The molecule has 2 aromatic carbocycles. The highest BCUT2D eigenvalue weighted by Gasteiger charge is 2.25. The van der Waals surface area contributed by atoms with Gasteiger partial charge in [0, 0.05) is 37.9 Å². The molecule has 4 rings (SSSR count). The minimum absolute atomic E-state index is 0.0857. The number of halogens is 1. The number of ketones is 1. The molecule has 1 saturated heterocycles. The van der Waals surface area contributed by atoms with Crippen LogP contribution in [0, 0.1) is 5.82 Å². The van der Waals surface area contributed by atoms with Crippen molar-refractivity contribution < 1.29 is 28.2 Å². The average molecular weight is 477 g/mol. The Morgan fingerprint density at radius 1 is 0.971 bits per heavy atom. The van der Waals surface area contributed by atoms with Gasteiger partial charge in [-0.2, -0.15) is 0 Å². The summed E-state index contributed by atoms with van der Waals surface area (Å²) in [6, 6.07) is 16.4. The maximum Gasteiger partial charge on any atom is 0.344 e. The molecule has 8 nitrogen and oxygen atoms in total.